The van der Waals surface area contributed by atoms with Crippen LogP contribution in [-0.2, 0) is 7.05 Å². The van der Waals surface area contributed by atoms with E-state index in [-0.39, 0.29) is 5.56 Å². The zero-order valence-corrected chi connectivity index (χ0v) is 12.0. The SMILES string of the molecule is CC=c1c(-c2cccc(Cl)c2)cc(=O)n(C)c1=CC. The number of benzene rings is 1. The summed E-state index contributed by atoms with van der Waals surface area (Å²) in [4.78, 5) is 12.0. The van der Waals surface area contributed by atoms with E-state index in [1.807, 2.05) is 50.3 Å². The molecular weight excluding hydrogens is 258 g/mol. The first-order valence-corrected chi connectivity index (χ1v) is 6.55. The molecule has 98 valence electrons. The van der Waals surface area contributed by atoms with Crippen LogP contribution in [0.15, 0.2) is 35.1 Å². The molecule has 0 atom stereocenters. The first-order chi connectivity index (χ1) is 9.08. The highest BCUT2D eigenvalue weighted by Crippen LogP contribution is 2.18. The van der Waals surface area contributed by atoms with Gasteiger partial charge in [-0.1, -0.05) is 35.9 Å². The first-order valence-electron chi connectivity index (χ1n) is 6.17. The number of pyridine rings is 1. The van der Waals surface area contributed by atoms with E-state index in [0.717, 1.165) is 21.7 Å². The summed E-state index contributed by atoms with van der Waals surface area (Å²) >= 11 is 6.03. The van der Waals surface area contributed by atoms with E-state index >= 15 is 0 Å². The van der Waals surface area contributed by atoms with Gasteiger partial charge in [-0.05, 0) is 37.1 Å². The molecule has 19 heavy (non-hydrogen) atoms. The maximum absolute atomic E-state index is 12.0. The molecule has 0 saturated carbocycles. The molecule has 2 aromatic rings. The van der Waals surface area contributed by atoms with Gasteiger partial charge in [0.2, 0.25) is 0 Å². The van der Waals surface area contributed by atoms with Crippen LogP contribution in [0.25, 0.3) is 23.3 Å². The van der Waals surface area contributed by atoms with E-state index in [9.17, 15) is 4.79 Å². The van der Waals surface area contributed by atoms with Crippen LogP contribution in [0, 0.1) is 0 Å². The second kappa shape index (κ2) is 5.45. The summed E-state index contributed by atoms with van der Waals surface area (Å²) < 4.78 is 1.66. The molecule has 0 amide bonds. The van der Waals surface area contributed by atoms with Crippen LogP contribution in [0.3, 0.4) is 0 Å². The largest absolute Gasteiger partial charge is 0.312 e. The molecule has 0 N–H and O–H groups in total. The van der Waals surface area contributed by atoms with Crippen molar-refractivity contribution >= 4 is 23.8 Å². The van der Waals surface area contributed by atoms with Crippen LogP contribution in [0.4, 0.5) is 0 Å². The molecule has 0 aliphatic heterocycles. The molecule has 1 aromatic carbocycles. The molecule has 1 aromatic heterocycles. The van der Waals surface area contributed by atoms with Gasteiger partial charge in [0.15, 0.2) is 0 Å². The third-order valence-electron chi connectivity index (χ3n) is 3.22. The second-order valence-corrected chi connectivity index (χ2v) is 4.78. The van der Waals surface area contributed by atoms with Gasteiger partial charge in [0, 0.05) is 28.7 Å². The van der Waals surface area contributed by atoms with Crippen molar-refractivity contribution in [2.45, 2.75) is 13.8 Å². The molecular formula is C16H16ClNO. The molecule has 0 aliphatic rings. The highest BCUT2D eigenvalue weighted by Gasteiger charge is 2.05. The molecule has 0 spiro atoms. The molecule has 0 radical (unpaired) electrons. The Bertz CT molecular complexity index is 787. The normalized spacial score (nSPS) is 13.1. The molecule has 2 rings (SSSR count). The average molecular weight is 274 g/mol. The predicted molar refractivity (Wildman–Crippen MR) is 81.7 cm³/mol. The van der Waals surface area contributed by atoms with Gasteiger partial charge in [-0.3, -0.25) is 4.79 Å². The lowest BCUT2D eigenvalue weighted by atomic mass is 10.0. The van der Waals surface area contributed by atoms with Gasteiger partial charge in [-0.15, -0.1) is 0 Å². The smallest absolute Gasteiger partial charge is 0.251 e. The Morgan fingerprint density at radius 1 is 1.16 bits per heavy atom. The Hall–Kier alpha value is -1.80. The van der Waals surface area contributed by atoms with Gasteiger partial charge in [-0.2, -0.15) is 0 Å². The average Bonchev–Trinajstić information content (AvgIpc) is 2.41. The summed E-state index contributed by atoms with van der Waals surface area (Å²) in [6, 6.07) is 9.22. The quantitative estimate of drug-likeness (QED) is 0.782. The zero-order chi connectivity index (χ0) is 14.0. The lowest BCUT2D eigenvalue weighted by Gasteiger charge is -2.07. The Balaban J connectivity index is 2.94. The highest BCUT2D eigenvalue weighted by molar-refractivity contribution is 6.30. The summed E-state index contributed by atoms with van der Waals surface area (Å²) in [6.45, 7) is 3.91. The minimum absolute atomic E-state index is 0.0197. The molecule has 2 nitrogen and oxygen atoms in total. The van der Waals surface area contributed by atoms with Crippen molar-refractivity contribution in [3.63, 3.8) is 0 Å². The number of rotatable bonds is 1. The number of hydrogen-bond donors (Lipinski definition) is 0. The van der Waals surface area contributed by atoms with Crippen molar-refractivity contribution in [1.29, 1.82) is 0 Å². The third-order valence-corrected chi connectivity index (χ3v) is 3.46. The first kappa shape index (κ1) is 13.6. The fraction of sp³-hybridized carbons (Fsp3) is 0.188. The maximum atomic E-state index is 12.0. The monoisotopic (exact) mass is 273 g/mol. The molecule has 0 fully saturated rings. The van der Waals surface area contributed by atoms with E-state index in [4.69, 9.17) is 11.6 Å². The third kappa shape index (κ3) is 2.49. The Morgan fingerprint density at radius 3 is 2.47 bits per heavy atom. The fourth-order valence-corrected chi connectivity index (χ4v) is 2.47. The van der Waals surface area contributed by atoms with Crippen LogP contribution in [0.5, 0.6) is 0 Å². The topological polar surface area (TPSA) is 22.0 Å². The van der Waals surface area contributed by atoms with Crippen molar-refractivity contribution < 1.29 is 0 Å². The van der Waals surface area contributed by atoms with E-state index in [2.05, 4.69) is 0 Å². The van der Waals surface area contributed by atoms with Crippen molar-refractivity contribution in [3.05, 3.63) is 56.3 Å². The van der Waals surface area contributed by atoms with Crippen molar-refractivity contribution in [1.82, 2.24) is 4.57 Å². The molecule has 0 unspecified atom stereocenters. The lowest BCUT2D eigenvalue weighted by molar-refractivity contribution is 0.818. The van der Waals surface area contributed by atoms with Gasteiger partial charge >= 0.3 is 0 Å². The van der Waals surface area contributed by atoms with E-state index < -0.39 is 0 Å². The number of halogens is 1. The predicted octanol–water partition coefficient (Wildman–Crippen LogP) is 2.31. The van der Waals surface area contributed by atoms with Crippen LogP contribution in [-0.4, -0.2) is 4.57 Å². The van der Waals surface area contributed by atoms with E-state index in [1.54, 1.807) is 17.7 Å². The highest BCUT2D eigenvalue weighted by atomic mass is 35.5. The second-order valence-electron chi connectivity index (χ2n) is 4.34. The number of aromatic nitrogens is 1. The van der Waals surface area contributed by atoms with Crippen molar-refractivity contribution in [3.8, 4) is 11.1 Å². The Morgan fingerprint density at radius 2 is 1.89 bits per heavy atom. The molecule has 0 bridgehead atoms. The minimum Gasteiger partial charge on any atom is -0.312 e. The molecule has 1 heterocycles. The van der Waals surface area contributed by atoms with E-state index in [0.29, 0.717) is 5.02 Å². The minimum atomic E-state index is -0.0197. The lowest BCUT2D eigenvalue weighted by Crippen LogP contribution is -2.42. The standard InChI is InChI=1S/C16H16ClNO/c1-4-13-14(11-7-6-8-12(17)9-11)10-16(19)18(3)15(13)5-2/h4-10H,1-3H3. The summed E-state index contributed by atoms with van der Waals surface area (Å²) in [5.74, 6) is 0. The van der Waals surface area contributed by atoms with Gasteiger partial charge < -0.3 is 4.57 Å². The zero-order valence-electron chi connectivity index (χ0n) is 11.3. The molecule has 0 saturated heterocycles. The Kier molecular flexibility index (Phi) is 3.91. The summed E-state index contributed by atoms with van der Waals surface area (Å²) in [7, 11) is 1.78. The maximum Gasteiger partial charge on any atom is 0.251 e. The Labute approximate surface area is 117 Å². The number of hydrogen-bond acceptors (Lipinski definition) is 1. The van der Waals surface area contributed by atoms with Crippen LogP contribution < -0.4 is 16.1 Å². The van der Waals surface area contributed by atoms with Crippen LogP contribution >= 0.6 is 11.6 Å². The molecule has 3 heteroatoms. The van der Waals surface area contributed by atoms with Gasteiger partial charge in [0.25, 0.3) is 5.56 Å². The van der Waals surface area contributed by atoms with Gasteiger partial charge in [-0.25, -0.2) is 0 Å². The van der Waals surface area contributed by atoms with Crippen molar-refractivity contribution in [2.24, 2.45) is 7.05 Å². The van der Waals surface area contributed by atoms with E-state index in [1.165, 1.54) is 0 Å². The van der Waals surface area contributed by atoms with Crippen LogP contribution in [0.2, 0.25) is 5.02 Å². The van der Waals surface area contributed by atoms with Crippen LogP contribution in [0.1, 0.15) is 13.8 Å². The summed E-state index contributed by atoms with van der Waals surface area (Å²) in [6.07, 6.45) is 3.97. The van der Waals surface area contributed by atoms with Crippen molar-refractivity contribution in [2.75, 3.05) is 0 Å². The van der Waals surface area contributed by atoms with Gasteiger partial charge in [0.05, 0.1) is 0 Å². The summed E-state index contributed by atoms with van der Waals surface area (Å²) in [5, 5.41) is 2.64. The van der Waals surface area contributed by atoms with Gasteiger partial charge in [0.1, 0.15) is 0 Å². The number of nitrogens with zero attached hydrogens (tertiary/aromatic N) is 1. The molecule has 0 aliphatic carbocycles. The fourth-order valence-electron chi connectivity index (χ4n) is 2.28. The summed E-state index contributed by atoms with van der Waals surface area (Å²) in [5.41, 5.74) is 1.86.